The van der Waals surface area contributed by atoms with Gasteiger partial charge in [0.15, 0.2) is 0 Å². The number of anilines is 1. The van der Waals surface area contributed by atoms with Crippen LogP contribution in [0.2, 0.25) is 0 Å². The lowest BCUT2D eigenvalue weighted by Crippen LogP contribution is -2.24. The van der Waals surface area contributed by atoms with E-state index in [0.29, 0.717) is 12.0 Å². The highest BCUT2D eigenvalue weighted by molar-refractivity contribution is 6.04. The number of hydrogen-bond acceptors (Lipinski definition) is 3. The molecule has 0 radical (unpaired) electrons. The molecule has 1 unspecified atom stereocenters. The average molecular weight is 231 g/mol. The Bertz CT molecular complexity index is 435. The monoisotopic (exact) mass is 231 g/mol. The Kier molecular flexibility index (Phi) is 3.46. The van der Waals surface area contributed by atoms with Gasteiger partial charge >= 0.3 is 0 Å². The molecule has 1 atom stereocenters. The lowest BCUT2D eigenvalue weighted by Gasteiger charge is -2.23. The molecule has 3 nitrogen and oxygen atoms in total. The van der Waals surface area contributed by atoms with Crippen LogP contribution < -0.4 is 5.32 Å². The van der Waals surface area contributed by atoms with Gasteiger partial charge in [-0.1, -0.05) is 13.8 Å². The second kappa shape index (κ2) is 4.86. The van der Waals surface area contributed by atoms with Crippen molar-refractivity contribution in [1.82, 2.24) is 4.98 Å². The van der Waals surface area contributed by atoms with E-state index in [4.69, 9.17) is 0 Å². The number of pyridine rings is 1. The molecule has 0 bridgehead atoms. The number of fused-ring (bicyclic) bond motifs is 1. The van der Waals surface area contributed by atoms with Crippen molar-refractivity contribution in [3.05, 3.63) is 23.4 Å². The summed E-state index contributed by atoms with van der Waals surface area (Å²) in [6, 6.07) is 2.53. The summed E-state index contributed by atoms with van der Waals surface area (Å²) in [6.07, 6.45) is 2.92. The van der Waals surface area contributed by atoms with Gasteiger partial charge in [-0.3, -0.25) is 4.99 Å². The van der Waals surface area contributed by atoms with Crippen molar-refractivity contribution in [3.8, 4) is 0 Å². The molecule has 0 aromatic carbocycles. The number of aliphatic imine (C=N–C) groups is 1. The molecule has 1 aromatic rings. The summed E-state index contributed by atoms with van der Waals surface area (Å²) in [4.78, 5) is 8.99. The molecule has 17 heavy (non-hydrogen) atoms. The van der Waals surface area contributed by atoms with E-state index in [1.54, 1.807) is 0 Å². The largest absolute Gasteiger partial charge is 0.367 e. The van der Waals surface area contributed by atoms with Crippen LogP contribution in [-0.2, 0) is 6.42 Å². The lowest BCUT2D eigenvalue weighted by atomic mass is 9.98. The molecule has 0 fully saturated rings. The molecule has 0 aliphatic carbocycles. The van der Waals surface area contributed by atoms with E-state index in [0.717, 1.165) is 24.5 Å². The molecule has 0 saturated heterocycles. The third-order valence-electron chi connectivity index (χ3n) is 3.49. The van der Waals surface area contributed by atoms with E-state index in [1.807, 2.05) is 6.20 Å². The normalized spacial score (nSPS) is 16.4. The summed E-state index contributed by atoms with van der Waals surface area (Å²) in [7, 11) is 0. The second-order valence-electron chi connectivity index (χ2n) is 5.09. The molecule has 1 N–H and O–H groups in total. The van der Waals surface area contributed by atoms with Crippen LogP contribution in [0.25, 0.3) is 0 Å². The zero-order valence-electron chi connectivity index (χ0n) is 11.1. The van der Waals surface area contributed by atoms with Crippen LogP contribution in [0.15, 0.2) is 17.3 Å². The third-order valence-corrected chi connectivity index (χ3v) is 3.49. The van der Waals surface area contributed by atoms with Gasteiger partial charge in [-0.15, -0.1) is 0 Å². The molecular weight excluding hydrogens is 210 g/mol. The van der Waals surface area contributed by atoms with Gasteiger partial charge < -0.3 is 5.32 Å². The fraction of sp³-hybridized carbons (Fsp3) is 0.571. The quantitative estimate of drug-likeness (QED) is 0.868. The molecule has 2 heterocycles. The van der Waals surface area contributed by atoms with E-state index in [2.05, 4.69) is 49.1 Å². The van der Waals surface area contributed by atoms with Gasteiger partial charge in [-0.25, -0.2) is 4.98 Å². The van der Waals surface area contributed by atoms with Crippen LogP contribution in [-0.4, -0.2) is 23.3 Å². The average Bonchev–Trinajstić information content (AvgIpc) is 2.29. The Balaban J connectivity index is 2.33. The summed E-state index contributed by atoms with van der Waals surface area (Å²) in [5.41, 5.74) is 3.69. The Hall–Kier alpha value is -1.38. The van der Waals surface area contributed by atoms with Crippen molar-refractivity contribution in [1.29, 1.82) is 0 Å². The van der Waals surface area contributed by atoms with Gasteiger partial charge in [0.1, 0.15) is 5.82 Å². The van der Waals surface area contributed by atoms with E-state index in [9.17, 15) is 0 Å². The first-order chi connectivity index (χ1) is 8.09. The molecule has 92 valence electrons. The highest BCUT2D eigenvalue weighted by Crippen LogP contribution is 2.23. The summed E-state index contributed by atoms with van der Waals surface area (Å²) in [5.74, 6) is 1.58. The summed E-state index contributed by atoms with van der Waals surface area (Å²) in [5, 5.41) is 3.51. The molecule has 0 spiro atoms. The zero-order chi connectivity index (χ0) is 12.4. The first-order valence-corrected chi connectivity index (χ1v) is 6.35. The highest BCUT2D eigenvalue weighted by atomic mass is 15.0. The van der Waals surface area contributed by atoms with Gasteiger partial charge in [-0.2, -0.15) is 0 Å². The maximum Gasteiger partial charge on any atom is 0.135 e. The highest BCUT2D eigenvalue weighted by Gasteiger charge is 2.17. The number of aromatic nitrogens is 1. The summed E-state index contributed by atoms with van der Waals surface area (Å²) in [6.45, 7) is 9.61. The van der Waals surface area contributed by atoms with Crippen LogP contribution in [0.3, 0.4) is 0 Å². The maximum absolute atomic E-state index is 4.52. The molecule has 0 saturated carbocycles. The Morgan fingerprint density at radius 2 is 2.06 bits per heavy atom. The van der Waals surface area contributed by atoms with Crippen LogP contribution in [0, 0.1) is 5.92 Å². The molecule has 1 aliphatic heterocycles. The molecule has 1 aromatic heterocycles. The summed E-state index contributed by atoms with van der Waals surface area (Å²) < 4.78 is 0. The van der Waals surface area contributed by atoms with Gasteiger partial charge in [0.25, 0.3) is 0 Å². The SMILES string of the molecule is CC1=NCCc2ccnc(NC(C)C(C)C)c21. The van der Waals surface area contributed by atoms with Crippen molar-refractivity contribution < 1.29 is 0 Å². The maximum atomic E-state index is 4.52. The summed E-state index contributed by atoms with van der Waals surface area (Å²) >= 11 is 0. The minimum Gasteiger partial charge on any atom is -0.367 e. The smallest absolute Gasteiger partial charge is 0.135 e. The topological polar surface area (TPSA) is 37.3 Å². The molecule has 3 heteroatoms. The van der Waals surface area contributed by atoms with Crippen molar-refractivity contribution >= 4 is 11.5 Å². The van der Waals surface area contributed by atoms with Crippen LogP contribution in [0.5, 0.6) is 0 Å². The number of rotatable bonds is 3. The van der Waals surface area contributed by atoms with Crippen LogP contribution in [0.1, 0.15) is 38.8 Å². The molecule has 0 amide bonds. The standard InChI is InChI=1S/C14H21N3/c1-9(2)10(3)17-14-13-11(4)15-7-5-12(13)6-8-16-14/h6,8-10H,5,7H2,1-4H3,(H,16,17). The van der Waals surface area contributed by atoms with Crippen LogP contribution in [0.4, 0.5) is 5.82 Å². The van der Waals surface area contributed by atoms with E-state index < -0.39 is 0 Å². The van der Waals surface area contributed by atoms with Gasteiger partial charge in [0.2, 0.25) is 0 Å². The first-order valence-electron chi connectivity index (χ1n) is 6.35. The van der Waals surface area contributed by atoms with Crippen molar-refractivity contribution in [3.63, 3.8) is 0 Å². The van der Waals surface area contributed by atoms with Gasteiger partial charge in [0.05, 0.1) is 0 Å². The predicted octanol–water partition coefficient (Wildman–Crippen LogP) is 2.90. The van der Waals surface area contributed by atoms with Gasteiger partial charge in [-0.05, 0) is 37.8 Å². The number of nitrogens with zero attached hydrogens (tertiary/aromatic N) is 2. The Labute approximate surface area is 103 Å². The lowest BCUT2D eigenvalue weighted by molar-refractivity contribution is 0.558. The minimum absolute atomic E-state index is 0.420. The fourth-order valence-corrected chi connectivity index (χ4v) is 2.03. The van der Waals surface area contributed by atoms with Crippen LogP contribution >= 0.6 is 0 Å². The number of nitrogens with one attached hydrogen (secondary N) is 1. The predicted molar refractivity (Wildman–Crippen MR) is 72.9 cm³/mol. The third kappa shape index (κ3) is 2.48. The van der Waals surface area contributed by atoms with Crippen molar-refractivity contribution in [2.24, 2.45) is 10.9 Å². The zero-order valence-corrected chi connectivity index (χ0v) is 11.1. The Morgan fingerprint density at radius 1 is 1.29 bits per heavy atom. The second-order valence-corrected chi connectivity index (χ2v) is 5.09. The van der Waals surface area contributed by atoms with E-state index in [1.165, 1.54) is 11.1 Å². The minimum atomic E-state index is 0.420. The van der Waals surface area contributed by atoms with Crippen molar-refractivity contribution in [2.75, 3.05) is 11.9 Å². The first kappa shape index (κ1) is 12.1. The van der Waals surface area contributed by atoms with E-state index in [-0.39, 0.29) is 0 Å². The van der Waals surface area contributed by atoms with Crippen molar-refractivity contribution in [2.45, 2.75) is 40.2 Å². The van der Waals surface area contributed by atoms with E-state index >= 15 is 0 Å². The fourth-order valence-electron chi connectivity index (χ4n) is 2.03. The molecule has 1 aliphatic rings. The van der Waals surface area contributed by atoms with Gasteiger partial charge in [0, 0.05) is 30.1 Å². The number of hydrogen-bond donors (Lipinski definition) is 1. The molecular formula is C14H21N3. The Morgan fingerprint density at radius 3 is 2.76 bits per heavy atom. The molecule has 2 rings (SSSR count).